The van der Waals surface area contributed by atoms with Crippen molar-refractivity contribution in [1.82, 2.24) is 24.9 Å². The first kappa shape index (κ1) is 17.9. The van der Waals surface area contributed by atoms with Crippen LogP contribution in [-0.4, -0.2) is 55.0 Å². The minimum Gasteiger partial charge on any atom is -0.478 e. The van der Waals surface area contributed by atoms with Crippen molar-refractivity contribution in [2.75, 3.05) is 13.1 Å². The topological polar surface area (TPSA) is 104 Å². The molecule has 1 fully saturated rings. The highest BCUT2D eigenvalue weighted by atomic mass is 19.1. The second kappa shape index (κ2) is 7.26. The number of nitrogens with zero attached hydrogens (tertiary/aromatic N) is 4. The third kappa shape index (κ3) is 3.51. The molecule has 3 aromatic rings. The Balaban J connectivity index is 1.40. The molecule has 28 heavy (non-hydrogen) atoms. The van der Waals surface area contributed by atoms with E-state index in [1.54, 1.807) is 27.8 Å². The normalized spacial score (nSPS) is 15.0. The zero-order valence-electron chi connectivity index (χ0n) is 14.9. The minimum absolute atomic E-state index is 0.0636. The van der Waals surface area contributed by atoms with E-state index in [1.807, 2.05) is 0 Å². The molecule has 0 saturated carbocycles. The van der Waals surface area contributed by atoms with Crippen LogP contribution in [0.1, 0.15) is 39.7 Å². The van der Waals surface area contributed by atoms with E-state index < -0.39 is 5.97 Å². The molecule has 0 spiro atoms. The van der Waals surface area contributed by atoms with Crippen LogP contribution in [0.15, 0.2) is 42.7 Å². The Kier molecular flexibility index (Phi) is 4.64. The minimum atomic E-state index is -1.00. The number of carboxylic acid groups (broad SMARTS) is 1. The fourth-order valence-corrected chi connectivity index (χ4v) is 3.35. The number of aromatic amines is 1. The average molecular weight is 383 g/mol. The van der Waals surface area contributed by atoms with Crippen LogP contribution in [0.4, 0.5) is 4.39 Å². The van der Waals surface area contributed by atoms with Gasteiger partial charge in [0.1, 0.15) is 11.5 Å². The van der Waals surface area contributed by atoms with Crippen LogP contribution < -0.4 is 0 Å². The van der Waals surface area contributed by atoms with Gasteiger partial charge in [-0.25, -0.2) is 9.18 Å². The van der Waals surface area contributed by atoms with Crippen molar-refractivity contribution >= 4 is 11.9 Å². The largest absolute Gasteiger partial charge is 0.478 e. The SMILES string of the molecule is O=C(O)c1cnn(C2CCN(C(=O)c3cc(-c4ccc(F)cc4)n[nH]3)CC2)c1. The van der Waals surface area contributed by atoms with Gasteiger partial charge in [0, 0.05) is 24.8 Å². The van der Waals surface area contributed by atoms with E-state index in [0.29, 0.717) is 37.3 Å². The van der Waals surface area contributed by atoms with E-state index in [2.05, 4.69) is 15.3 Å². The van der Waals surface area contributed by atoms with E-state index >= 15 is 0 Å². The number of halogens is 1. The van der Waals surface area contributed by atoms with Gasteiger partial charge in [-0.1, -0.05) is 0 Å². The van der Waals surface area contributed by atoms with Crippen LogP contribution >= 0.6 is 0 Å². The van der Waals surface area contributed by atoms with Gasteiger partial charge in [0.05, 0.1) is 23.5 Å². The van der Waals surface area contributed by atoms with Gasteiger partial charge in [-0.05, 0) is 43.2 Å². The maximum Gasteiger partial charge on any atom is 0.338 e. The maximum absolute atomic E-state index is 13.0. The maximum atomic E-state index is 13.0. The Morgan fingerprint density at radius 3 is 2.54 bits per heavy atom. The number of H-pyrrole nitrogens is 1. The zero-order chi connectivity index (χ0) is 19.7. The van der Waals surface area contributed by atoms with Gasteiger partial charge < -0.3 is 10.0 Å². The van der Waals surface area contributed by atoms with Crippen LogP contribution in [0.5, 0.6) is 0 Å². The number of piperidine rings is 1. The van der Waals surface area contributed by atoms with Crippen molar-refractivity contribution in [2.45, 2.75) is 18.9 Å². The van der Waals surface area contributed by atoms with E-state index in [0.717, 1.165) is 5.56 Å². The Bertz CT molecular complexity index is 1000. The summed E-state index contributed by atoms with van der Waals surface area (Å²) in [5, 5.41) is 20.0. The van der Waals surface area contributed by atoms with Crippen molar-refractivity contribution in [3.05, 3.63) is 59.8 Å². The summed E-state index contributed by atoms with van der Waals surface area (Å²) in [5.41, 5.74) is 1.84. The second-order valence-corrected chi connectivity index (χ2v) is 6.71. The van der Waals surface area contributed by atoms with Crippen molar-refractivity contribution in [2.24, 2.45) is 0 Å². The molecule has 0 aliphatic carbocycles. The molecule has 0 atom stereocenters. The van der Waals surface area contributed by atoms with Crippen LogP contribution in [0, 0.1) is 5.82 Å². The van der Waals surface area contributed by atoms with Gasteiger partial charge in [-0.2, -0.15) is 10.2 Å². The molecule has 2 aromatic heterocycles. The number of aromatic nitrogens is 4. The molecule has 1 aliphatic heterocycles. The van der Waals surface area contributed by atoms with Crippen molar-refractivity contribution in [1.29, 1.82) is 0 Å². The smallest absolute Gasteiger partial charge is 0.338 e. The van der Waals surface area contributed by atoms with Crippen molar-refractivity contribution < 1.29 is 19.1 Å². The standard InChI is InChI=1S/C19H18FN5O3/c20-14-3-1-12(2-4-14)16-9-17(23-22-16)18(26)24-7-5-15(6-8-24)25-11-13(10-21-25)19(27)28/h1-4,9-11,15H,5-8H2,(H,22,23)(H,27,28). The molecular weight excluding hydrogens is 365 g/mol. The molecule has 1 saturated heterocycles. The summed E-state index contributed by atoms with van der Waals surface area (Å²) in [6.07, 6.45) is 4.23. The highest BCUT2D eigenvalue weighted by Gasteiger charge is 2.26. The molecule has 0 radical (unpaired) electrons. The Hall–Kier alpha value is -3.49. The molecule has 2 N–H and O–H groups in total. The first-order valence-electron chi connectivity index (χ1n) is 8.89. The molecular formula is C19H18FN5O3. The third-order valence-corrected chi connectivity index (χ3v) is 4.92. The molecule has 3 heterocycles. The molecule has 0 unspecified atom stereocenters. The quantitative estimate of drug-likeness (QED) is 0.721. The Labute approximate surface area is 159 Å². The fraction of sp³-hybridized carbons (Fsp3) is 0.263. The summed E-state index contributed by atoms with van der Waals surface area (Å²) in [6, 6.07) is 7.65. The highest BCUT2D eigenvalue weighted by Crippen LogP contribution is 2.24. The molecule has 1 aliphatic rings. The summed E-state index contributed by atoms with van der Waals surface area (Å²) in [7, 11) is 0. The van der Waals surface area contributed by atoms with Gasteiger partial charge >= 0.3 is 5.97 Å². The third-order valence-electron chi connectivity index (χ3n) is 4.92. The van der Waals surface area contributed by atoms with Crippen LogP contribution in [0.3, 0.4) is 0 Å². The summed E-state index contributed by atoms with van der Waals surface area (Å²) in [6.45, 7) is 1.08. The van der Waals surface area contributed by atoms with E-state index in [1.165, 1.54) is 24.5 Å². The van der Waals surface area contributed by atoms with Crippen LogP contribution in [-0.2, 0) is 0 Å². The highest BCUT2D eigenvalue weighted by molar-refractivity contribution is 5.93. The summed E-state index contributed by atoms with van der Waals surface area (Å²) >= 11 is 0. The molecule has 144 valence electrons. The summed E-state index contributed by atoms with van der Waals surface area (Å²) < 4.78 is 14.7. The van der Waals surface area contributed by atoms with Gasteiger partial charge in [0.15, 0.2) is 0 Å². The first-order chi connectivity index (χ1) is 13.5. The van der Waals surface area contributed by atoms with E-state index in [9.17, 15) is 14.0 Å². The lowest BCUT2D eigenvalue weighted by Gasteiger charge is -2.31. The first-order valence-corrected chi connectivity index (χ1v) is 8.89. The number of carbonyl (C=O) groups excluding carboxylic acids is 1. The van der Waals surface area contributed by atoms with Crippen molar-refractivity contribution in [3.63, 3.8) is 0 Å². The second-order valence-electron chi connectivity index (χ2n) is 6.71. The number of rotatable bonds is 4. The van der Waals surface area contributed by atoms with E-state index in [4.69, 9.17) is 5.11 Å². The number of aromatic carboxylic acids is 1. The van der Waals surface area contributed by atoms with Crippen LogP contribution in [0.2, 0.25) is 0 Å². The van der Waals surface area contributed by atoms with Crippen LogP contribution in [0.25, 0.3) is 11.3 Å². The molecule has 4 rings (SSSR count). The number of hydrogen-bond donors (Lipinski definition) is 2. The van der Waals surface area contributed by atoms with Gasteiger partial charge in [0.25, 0.3) is 5.91 Å². The number of carbonyl (C=O) groups is 2. The predicted molar refractivity (Wildman–Crippen MR) is 97.3 cm³/mol. The van der Waals surface area contributed by atoms with Gasteiger partial charge in [0.2, 0.25) is 0 Å². The number of benzene rings is 1. The fourth-order valence-electron chi connectivity index (χ4n) is 3.35. The van der Waals surface area contributed by atoms with Gasteiger partial charge in [-0.15, -0.1) is 0 Å². The number of hydrogen-bond acceptors (Lipinski definition) is 4. The molecule has 9 heteroatoms. The lowest BCUT2D eigenvalue weighted by molar-refractivity contribution is 0.0683. The van der Waals surface area contributed by atoms with E-state index in [-0.39, 0.29) is 23.3 Å². The monoisotopic (exact) mass is 383 g/mol. The number of carboxylic acids is 1. The Morgan fingerprint density at radius 1 is 1.18 bits per heavy atom. The average Bonchev–Trinajstić information content (AvgIpc) is 3.38. The lowest BCUT2D eigenvalue weighted by Crippen LogP contribution is -2.39. The molecule has 1 amide bonds. The predicted octanol–water partition coefficient (Wildman–Crippen LogP) is 2.59. The summed E-state index contributed by atoms with van der Waals surface area (Å²) in [5.74, 6) is -1.48. The zero-order valence-corrected chi connectivity index (χ0v) is 14.9. The number of likely N-dealkylation sites (tertiary alicyclic amines) is 1. The van der Waals surface area contributed by atoms with Crippen molar-refractivity contribution in [3.8, 4) is 11.3 Å². The lowest BCUT2D eigenvalue weighted by atomic mass is 10.0. The summed E-state index contributed by atoms with van der Waals surface area (Å²) in [4.78, 5) is 25.4. The Morgan fingerprint density at radius 2 is 1.89 bits per heavy atom. The van der Waals surface area contributed by atoms with Gasteiger partial charge in [-0.3, -0.25) is 14.6 Å². The number of nitrogens with one attached hydrogen (secondary N) is 1. The molecule has 1 aromatic carbocycles. The molecule has 8 nitrogen and oxygen atoms in total. The molecule has 0 bridgehead atoms. The number of amides is 1.